The van der Waals surface area contributed by atoms with E-state index in [2.05, 4.69) is 39.0 Å². The zero-order valence-electron chi connectivity index (χ0n) is 14.1. The van der Waals surface area contributed by atoms with Gasteiger partial charge in [0.05, 0.1) is 17.7 Å². The summed E-state index contributed by atoms with van der Waals surface area (Å²) in [6.45, 7) is 6.42. The Morgan fingerprint density at radius 2 is 1.87 bits per heavy atom. The van der Waals surface area contributed by atoms with Crippen molar-refractivity contribution in [2.75, 3.05) is 0 Å². The zero-order chi connectivity index (χ0) is 16.4. The Kier molecular flexibility index (Phi) is 4.16. The highest BCUT2D eigenvalue weighted by molar-refractivity contribution is 6.16. The summed E-state index contributed by atoms with van der Waals surface area (Å²) in [5, 5.41) is 0. The normalized spacial score (nSPS) is 15.7. The molecule has 0 unspecified atom stereocenters. The lowest BCUT2D eigenvalue weighted by Gasteiger charge is -2.29. The van der Waals surface area contributed by atoms with Gasteiger partial charge in [0.15, 0.2) is 5.78 Å². The van der Waals surface area contributed by atoms with Crippen LogP contribution in [0.15, 0.2) is 53.5 Å². The molecule has 2 nitrogen and oxygen atoms in total. The Morgan fingerprint density at radius 3 is 2.57 bits per heavy atom. The van der Waals surface area contributed by atoms with Crippen LogP contribution in [-0.2, 0) is 12.8 Å². The molecule has 1 heterocycles. The van der Waals surface area contributed by atoms with Crippen LogP contribution in [0.5, 0.6) is 0 Å². The summed E-state index contributed by atoms with van der Waals surface area (Å²) >= 11 is 0. The van der Waals surface area contributed by atoms with E-state index < -0.39 is 0 Å². The second kappa shape index (κ2) is 6.11. The van der Waals surface area contributed by atoms with Crippen LogP contribution in [0.4, 0.5) is 0 Å². The highest BCUT2D eigenvalue weighted by atomic mass is 16.1. The lowest BCUT2D eigenvalue weighted by molar-refractivity contribution is 0.100. The van der Waals surface area contributed by atoms with E-state index in [0.717, 1.165) is 29.7 Å². The van der Waals surface area contributed by atoms with E-state index in [0.29, 0.717) is 6.42 Å². The number of ketones is 1. The van der Waals surface area contributed by atoms with Crippen molar-refractivity contribution in [2.24, 2.45) is 4.99 Å². The number of nitrogens with zero attached hydrogens (tertiary/aromatic N) is 1. The van der Waals surface area contributed by atoms with Crippen LogP contribution in [0.3, 0.4) is 0 Å². The van der Waals surface area contributed by atoms with Crippen LogP contribution >= 0.6 is 0 Å². The van der Waals surface area contributed by atoms with Gasteiger partial charge >= 0.3 is 0 Å². The molecule has 1 aliphatic heterocycles. The lowest BCUT2D eigenvalue weighted by atomic mass is 9.84. The summed E-state index contributed by atoms with van der Waals surface area (Å²) < 4.78 is 0. The quantitative estimate of drug-likeness (QED) is 0.756. The molecule has 0 radical (unpaired) electrons. The molecule has 0 bridgehead atoms. The van der Waals surface area contributed by atoms with Gasteiger partial charge in [0.1, 0.15) is 0 Å². The van der Waals surface area contributed by atoms with E-state index in [4.69, 9.17) is 4.99 Å². The minimum absolute atomic E-state index is 0.134. The fourth-order valence-electron chi connectivity index (χ4n) is 3.21. The van der Waals surface area contributed by atoms with Crippen LogP contribution in [0.1, 0.15) is 54.2 Å². The number of aryl methyl sites for hydroxylation is 1. The molecule has 0 aliphatic carbocycles. The Balaban J connectivity index is 1.97. The third-order valence-electron chi connectivity index (χ3n) is 4.38. The monoisotopic (exact) mass is 305 g/mol. The van der Waals surface area contributed by atoms with Crippen molar-refractivity contribution >= 4 is 11.5 Å². The fraction of sp³-hybridized carbons (Fsp3) is 0.333. The van der Waals surface area contributed by atoms with E-state index in [-0.39, 0.29) is 11.3 Å². The van der Waals surface area contributed by atoms with Crippen molar-refractivity contribution in [2.45, 2.75) is 45.6 Å². The SMILES string of the molecule is CCc1ccc2c(c1)C(CC(=O)c1ccccc1)=NC(C)(C)C2. The second-order valence-electron chi connectivity index (χ2n) is 6.86. The number of Topliss-reactive ketones (excluding diaryl/α,β-unsaturated/α-hetero) is 1. The number of carbonyl (C=O) groups excluding carboxylic acids is 1. The average molecular weight is 305 g/mol. The van der Waals surface area contributed by atoms with Gasteiger partial charge in [0, 0.05) is 5.56 Å². The van der Waals surface area contributed by atoms with Gasteiger partial charge in [0.2, 0.25) is 0 Å². The molecule has 23 heavy (non-hydrogen) atoms. The van der Waals surface area contributed by atoms with Crippen molar-refractivity contribution in [1.82, 2.24) is 0 Å². The molecule has 0 fully saturated rings. The molecule has 1 aliphatic rings. The van der Waals surface area contributed by atoms with Crippen molar-refractivity contribution in [1.29, 1.82) is 0 Å². The lowest BCUT2D eigenvalue weighted by Crippen LogP contribution is -2.30. The van der Waals surface area contributed by atoms with E-state index in [9.17, 15) is 4.79 Å². The standard InChI is InChI=1S/C21H23NO/c1-4-15-10-11-17-14-21(2,3)22-19(18(17)12-15)13-20(23)16-8-6-5-7-9-16/h5-12H,4,13-14H2,1-3H3. The number of rotatable bonds is 4. The molecule has 0 aromatic heterocycles. The van der Waals surface area contributed by atoms with Crippen molar-refractivity contribution in [3.05, 3.63) is 70.8 Å². The predicted octanol–water partition coefficient (Wildman–Crippen LogP) is 4.65. The second-order valence-corrected chi connectivity index (χ2v) is 6.86. The number of aliphatic imine (C=N–C) groups is 1. The Morgan fingerprint density at radius 1 is 1.13 bits per heavy atom. The molecule has 0 saturated carbocycles. The molecule has 0 spiro atoms. The number of hydrogen-bond donors (Lipinski definition) is 0. The molecule has 2 aromatic rings. The first-order valence-corrected chi connectivity index (χ1v) is 8.27. The third-order valence-corrected chi connectivity index (χ3v) is 4.38. The molecule has 0 amide bonds. The number of hydrogen-bond acceptors (Lipinski definition) is 2. The van der Waals surface area contributed by atoms with Crippen LogP contribution < -0.4 is 0 Å². The van der Waals surface area contributed by atoms with Gasteiger partial charge in [-0.05, 0) is 49.4 Å². The Labute approximate surface area is 138 Å². The van der Waals surface area contributed by atoms with Gasteiger partial charge in [-0.15, -0.1) is 0 Å². The minimum Gasteiger partial charge on any atom is -0.294 e. The first-order valence-electron chi connectivity index (χ1n) is 8.27. The van der Waals surface area contributed by atoms with E-state index in [1.807, 2.05) is 30.3 Å². The molecule has 3 rings (SSSR count). The maximum atomic E-state index is 12.6. The highest BCUT2D eigenvalue weighted by Gasteiger charge is 2.27. The van der Waals surface area contributed by atoms with Crippen LogP contribution in [0, 0.1) is 0 Å². The molecule has 2 aromatic carbocycles. The maximum absolute atomic E-state index is 12.6. The molecular formula is C21H23NO. The van der Waals surface area contributed by atoms with Crippen LogP contribution in [0.2, 0.25) is 0 Å². The summed E-state index contributed by atoms with van der Waals surface area (Å²) in [5.41, 5.74) is 5.30. The molecular weight excluding hydrogens is 282 g/mol. The Hall–Kier alpha value is -2.22. The first kappa shape index (κ1) is 15.7. The van der Waals surface area contributed by atoms with E-state index >= 15 is 0 Å². The van der Waals surface area contributed by atoms with Gasteiger partial charge in [-0.3, -0.25) is 9.79 Å². The summed E-state index contributed by atoms with van der Waals surface area (Å²) in [6, 6.07) is 16.1. The average Bonchev–Trinajstić information content (AvgIpc) is 2.54. The molecule has 118 valence electrons. The van der Waals surface area contributed by atoms with Gasteiger partial charge in [-0.25, -0.2) is 0 Å². The fourth-order valence-corrected chi connectivity index (χ4v) is 3.21. The van der Waals surface area contributed by atoms with E-state index in [1.165, 1.54) is 11.1 Å². The molecule has 0 N–H and O–H groups in total. The van der Waals surface area contributed by atoms with Gasteiger partial charge in [0.25, 0.3) is 0 Å². The number of benzene rings is 2. The predicted molar refractivity (Wildman–Crippen MR) is 95.5 cm³/mol. The van der Waals surface area contributed by atoms with Crippen LogP contribution in [0.25, 0.3) is 0 Å². The van der Waals surface area contributed by atoms with Gasteiger partial charge < -0.3 is 0 Å². The summed E-state index contributed by atoms with van der Waals surface area (Å²) in [7, 11) is 0. The van der Waals surface area contributed by atoms with Crippen molar-refractivity contribution in [3.8, 4) is 0 Å². The van der Waals surface area contributed by atoms with Gasteiger partial charge in [-0.1, -0.05) is 49.4 Å². The van der Waals surface area contributed by atoms with Crippen LogP contribution in [-0.4, -0.2) is 17.0 Å². The highest BCUT2D eigenvalue weighted by Crippen LogP contribution is 2.29. The first-order chi connectivity index (χ1) is 11.0. The van der Waals surface area contributed by atoms with Gasteiger partial charge in [-0.2, -0.15) is 0 Å². The molecule has 2 heteroatoms. The largest absolute Gasteiger partial charge is 0.294 e. The Bertz CT molecular complexity index is 757. The zero-order valence-corrected chi connectivity index (χ0v) is 14.1. The smallest absolute Gasteiger partial charge is 0.168 e. The van der Waals surface area contributed by atoms with E-state index in [1.54, 1.807) is 0 Å². The third kappa shape index (κ3) is 3.42. The summed E-state index contributed by atoms with van der Waals surface area (Å²) in [4.78, 5) is 17.5. The summed E-state index contributed by atoms with van der Waals surface area (Å²) in [5.74, 6) is 0.134. The number of fused-ring (bicyclic) bond motifs is 1. The molecule has 0 saturated heterocycles. The maximum Gasteiger partial charge on any atom is 0.168 e. The van der Waals surface area contributed by atoms with Crippen molar-refractivity contribution in [3.63, 3.8) is 0 Å². The number of carbonyl (C=O) groups is 1. The summed E-state index contributed by atoms with van der Waals surface area (Å²) in [6.07, 6.45) is 2.29. The van der Waals surface area contributed by atoms with Crippen molar-refractivity contribution < 1.29 is 4.79 Å². The molecule has 0 atom stereocenters. The minimum atomic E-state index is -0.146. The topological polar surface area (TPSA) is 29.4 Å².